The predicted molar refractivity (Wildman–Crippen MR) is 254 cm³/mol. The van der Waals surface area contributed by atoms with E-state index in [0.29, 0.717) is 5.95 Å². The van der Waals surface area contributed by atoms with Gasteiger partial charge in [0, 0.05) is 10.8 Å². The molecular weight excluding hydrogens is 753 g/mol. The first-order valence-electron chi connectivity index (χ1n) is 21.3. The van der Waals surface area contributed by atoms with Crippen LogP contribution in [0.5, 0.6) is 0 Å². The monoisotopic (exact) mass is 786 g/mol. The molecule has 0 bridgehead atoms. The Bertz CT molecular complexity index is 3810. The third-order valence-corrected chi connectivity index (χ3v) is 13.8. The van der Waals surface area contributed by atoms with E-state index in [1.165, 1.54) is 110 Å². The van der Waals surface area contributed by atoms with Gasteiger partial charge in [-0.2, -0.15) is 0 Å². The van der Waals surface area contributed by atoms with Crippen molar-refractivity contribution < 1.29 is 0 Å². The lowest BCUT2D eigenvalue weighted by atomic mass is 9.70. The molecule has 0 aliphatic heterocycles. The largest absolute Gasteiger partial charge is 0.278 e. The third kappa shape index (κ3) is 4.27. The molecule has 12 aromatic rings. The van der Waals surface area contributed by atoms with E-state index in [1.54, 1.807) is 12.7 Å². The summed E-state index contributed by atoms with van der Waals surface area (Å²) in [6.45, 7) is 0. The van der Waals surface area contributed by atoms with Crippen LogP contribution in [0, 0.1) is 0 Å². The maximum atomic E-state index is 4.76. The lowest BCUT2D eigenvalue weighted by molar-refractivity contribution is 0.794. The van der Waals surface area contributed by atoms with Crippen LogP contribution in [0.1, 0.15) is 22.3 Å². The summed E-state index contributed by atoms with van der Waals surface area (Å²) in [5.41, 5.74) is 16.8. The molecule has 2 aromatic heterocycles. The number of fused-ring (bicyclic) bond motifs is 17. The molecular formula is C58H34N4. The second kappa shape index (κ2) is 12.4. The van der Waals surface area contributed by atoms with Crippen molar-refractivity contribution in [2.45, 2.75) is 5.41 Å². The van der Waals surface area contributed by atoms with Gasteiger partial charge in [0.25, 0.3) is 0 Å². The average Bonchev–Trinajstić information content (AvgIpc) is 3.94. The van der Waals surface area contributed by atoms with Crippen molar-refractivity contribution in [3.05, 3.63) is 229 Å². The fraction of sp³-hybridized carbons (Fsp3) is 0.0172. The van der Waals surface area contributed by atoms with Crippen molar-refractivity contribution in [1.82, 2.24) is 19.5 Å². The summed E-state index contributed by atoms with van der Waals surface area (Å²) < 4.78 is 2.24. The summed E-state index contributed by atoms with van der Waals surface area (Å²) in [6.07, 6.45) is 3.19. The van der Waals surface area contributed by atoms with Crippen LogP contribution < -0.4 is 0 Å². The zero-order chi connectivity index (χ0) is 40.5. The number of aromatic nitrogens is 4. The SMILES string of the molecule is c1ccc(-c2c3ccccc3c(-c3ccc4c(c3)C3(c5ccccc5-4)c4ccccc4-c4cc5c6c7ccccc7ccc6n(-c6ncncn6)c5cc43)c3ccccc23)cc1. The molecule has 286 valence electrons. The van der Waals surface area contributed by atoms with Crippen molar-refractivity contribution in [2.75, 3.05) is 0 Å². The van der Waals surface area contributed by atoms with Crippen LogP contribution in [0.3, 0.4) is 0 Å². The highest BCUT2D eigenvalue weighted by atomic mass is 15.2. The van der Waals surface area contributed by atoms with E-state index in [0.717, 1.165) is 11.0 Å². The normalized spacial score (nSPS) is 14.8. The molecule has 0 amide bonds. The number of rotatable bonds is 3. The minimum Gasteiger partial charge on any atom is -0.278 e. The Labute approximate surface area is 357 Å². The quantitative estimate of drug-likeness (QED) is 0.168. The molecule has 0 fully saturated rings. The molecule has 0 saturated heterocycles. The molecule has 4 nitrogen and oxygen atoms in total. The van der Waals surface area contributed by atoms with Crippen molar-refractivity contribution in [2.24, 2.45) is 0 Å². The molecule has 2 aliphatic rings. The highest BCUT2D eigenvalue weighted by Gasteiger charge is 2.52. The van der Waals surface area contributed by atoms with E-state index in [-0.39, 0.29) is 0 Å². The maximum absolute atomic E-state index is 4.76. The molecule has 62 heavy (non-hydrogen) atoms. The molecule has 4 heteroatoms. The van der Waals surface area contributed by atoms with Crippen LogP contribution in [0.15, 0.2) is 207 Å². The highest BCUT2D eigenvalue weighted by molar-refractivity contribution is 6.23. The summed E-state index contributed by atoms with van der Waals surface area (Å²) in [7, 11) is 0. The lowest BCUT2D eigenvalue weighted by Gasteiger charge is -2.31. The van der Waals surface area contributed by atoms with Crippen LogP contribution in [-0.4, -0.2) is 19.5 Å². The molecule has 0 saturated carbocycles. The summed E-state index contributed by atoms with van der Waals surface area (Å²) in [5, 5.41) is 9.80. The molecule has 0 radical (unpaired) electrons. The number of hydrogen-bond acceptors (Lipinski definition) is 3. The van der Waals surface area contributed by atoms with Gasteiger partial charge in [0.2, 0.25) is 5.95 Å². The van der Waals surface area contributed by atoms with Gasteiger partial charge in [-0.1, -0.05) is 170 Å². The molecule has 2 aliphatic carbocycles. The van der Waals surface area contributed by atoms with Crippen molar-refractivity contribution >= 4 is 54.1 Å². The summed E-state index contributed by atoms with van der Waals surface area (Å²) in [6, 6.07) is 72.3. The molecule has 0 N–H and O–H groups in total. The smallest absolute Gasteiger partial charge is 0.237 e. The molecule has 1 atom stereocenters. The Kier molecular flexibility index (Phi) is 6.73. The highest BCUT2D eigenvalue weighted by Crippen LogP contribution is 2.64. The van der Waals surface area contributed by atoms with Crippen LogP contribution in [0.25, 0.3) is 105 Å². The Balaban J connectivity index is 1.12. The van der Waals surface area contributed by atoms with Gasteiger partial charge >= 0.3 is 0 Å². The van der Waals surface area contributed by atoms with E-state index in [9.17, 15) is 0 Å². The zero-order valence-corrected chi connectivity index (χ0v) is 33.4. The fourth-order valence-electron chi connectivity index (χ4n) is 11.5. The molecule has 1 spiro atoms. The first-order chi connectivity index (χ1) is 30.8. The molecule has 1 unspecified atom stereocenters. The van der Waals surface area contributed by atoms with Gasteiger partial charge in [-0.3, -0.25) is 4.57 Å². The van der Waals surface area contributed by atoms with E-state index in [1.807, 2.05) is 0 Å². The number of benzene rings is 10. The Morgan fingerprint density at radius 3 is 1.60 bits per heavy atom. The second-order valence-corrected chi connectivity index (χ2v) is 16.7. The van der Waals surface area contributed by atoms with Gasteiger partial charge in [0.15, 0.2) is 0 Å². The first-order valence-corrected chi connectivity index (χ1v) is 21.3. The first kappa shape index (κ1) is 33.6. The lowest BCUT2D eigenvalue weighted by Crippen LogP contribution is -2.26. The Hall–Kier alpha value is -8.21. The summed E-state index contributed by atoms with van der Waals surface area (Å²) >= 11 is 0. The van der Waals surface area contributed by atoms with Crippen molar-refractivity contribution in [3.8, 4) is 50.5 Å². The van der Waals surface area contributed by atoms with Crippen molar-refractivity contribution in [1.29, 1.82) is 0 Å². The topological polar surface area (TPSA) is 43.6 Å². The van der Waals surface area contributed by atoms with Crippen molar-refractivity contribution in [3.63, 3.8) is 0 Å². The molecule has 2 heterocycles. The zero-order valence-electron chi connectivity index (χ0n) is 33.4. The van der Waals surface area contributed by atoms with E-state index >= 15 is 0 Å². The van der Waals surface area contributed by atoms with Crippen LogP contribution in [0.4, 0.5) is 0 Å². The second-order valence-electron chi connectivity index (χ2n) is 16.7. The third-order valence-electron chi connectivity index (χ3n) is 13.8. The maximum Gasteiger partial charge on any atom is 0.237 e. The van der Waals surface area contributed by atoms with Gasteiger partial charge < -0.3 is 0 Å². The van der Waals surface area contributed by atoms with E-state index in [2.05, 4.69) is 204 Å². The Morgan fingerprint density at radius 1 is 0.355 bits per heavy atom. The average molecular weight is 787 g/mol. The van der Waals surface area contributed by atoms with Crippen LogP contribution in [0.2, 0.25) is 0 Å². The van der Waals surface area contributed by atoms with Crippen LogP contribution >= 0.6 is 0 Å². The summed E-state index contributed by atoms with van der Waals surface area (Å²) in [4.78, 5) is 13.7. The Morgan fingerprint density at radius 2 is 0.903 bits per heavy atom. The standard InChI is InChI=1S/C58H34N4/c1-2-15-36(16-3-1)54-42-20-6-8-22-44(42)55(45-23-9-7-21-43(45)54)37-26-28-41-39-18-10-12-24-48(39)58(50(41)30-37)49-25-13-11-19-40(49)46-31-47-53(32-51(46)58)62(57-60-33-59-34-61-57)52-29-27-35-14-4-5-17-38(35)56(47)52/h1-34H. The number of nitrogens with zero attached hydrogens (tertiary/aromatic N) is 4. The molecule has 14 rings (SSSR count). The van der Waals surface area contributed by atoms with Gasteiger partial charge in [-0.25, -0.2) is 15.0 Å². The summed E-state index contributed by atoms with van der Waals surface area (Å²) in [5.74, 6) is 0.604. The van der Waals surface area contributed by atoms with Gasteiger partial charge in [-0.15, -0.1) is 0 Å². The van der Waals surface area contributed by atoms with Gasteiger partial charge in [0.05, 0.1) is 16.4 Å². The predicted octanol–water partition coefficient (Wildman–Crippen LogP) is 14.1. The van der Waals surface area contributed by atoms with Crippen LogP contribution in [-0.2, 0) is 5.41 Å². The van der Waals surface area contributed by atoms with E-state index < -0.39 is 5.41 Å². The minimum atomic E-state index is -0.583. The fourth-order valence-corrected chi connectivity index (χ4v) is 11.5. The van der Waals surface area contributed by atoms with Gasteiger partial charge in [-0.05, 0) is 123 Å². The van der Waals surface area contributed by atoms with Gasteiger partial charge in [0.1, 0.15) is 12.7 Å². The molecule has 10 aromatic carbocycles. The number of hydrogen-bond donors (Lipinski definition) is 0. The van der Waals surface area contributed by atoms with E-state index in [4.69, 9.17) is 9.97 Å². The minimum absolute atomic E-state index is 0.583.